The highest BCUT2D eigenvalue weighted by molar-refractivity contribution is 5.42. The van der Waals surface area contributed by atoms with Gasteiger partial charge in [0.25, 0.3) is 0 Å². The van der Waals surface area contributed by atoms with Crippen molar-refractivity contribution in [1.82, 2.24) is 14.9 Å². The van der Waals surface area contributed by atoms with E-state index in [1.54, 1.807) is 0 Å². The molecule has 0 aliphatic carbocycles. The molecule has 1 aliphatic heterocycles. The number of rotatable bonds is 5. The summed E-state index contributed by atoms with van der Waals surface area (Å²) in [5.74, 6) is 3.75. The van der Waals surface area contributed by atoms with Crippen LogP contribution in [0.15, 0.2) is 28.8 Å². The first kappa shape index (κ1) is 16.8. The Labute approximate surface area is 144 Å². The first-order chi connectivity index (χ1) is 11.5. The standard InChI is InChI=1S/C18H27N5O/c1-14-7-8-16(24-14)13-23-11-5-6-15(12-23)22(4)18-19-10-9-17(20-18)21(2)3/h7-10,15H,5-6,11-13H2,1-4H3. The Morgan fingerprint density at radius 2 is 2.08 bits per heavy atom. The van der Waals surface area contributed by atoms with E-state index in [1.165, 1.54) is 12.8 Å². The van der Waals surface area contributed by atoms with Gasteiger partial charge in [0.1, 0.15) is 17.3 Å². The SMILES string of the molecule is Cc1ccc(CN2CCCC(N(C)c3nccc(N(C)C)n3)C2)o1. The van der Waals surface area contributed by atoms with Gasteiger partial charge in [-0.05, 0) is 44.5 Å². The van der Waals surface area contributed by atoms with Crippen LogP contribution in [0.4, 0.5) is 11.8 Å². The van der Waals surface area contributed by atoms with Gasteiger partial charge in [0.2, 0.25) is 5.95 Å². The number of likely N-dealkylation sites (N-methyl/N-ethyl adjacent to an activating group) is 1. The second-order valence-corrected chi connectivity index (χ2v) is 6.76. The molecule has 0 amide bonds. The Balaban J connectivity index is 1.66. The molecule has 6 nitrogen and oxygen atoms in total. The topological polar surface area (TPSA) is 48.6 Å². The third kappa shape index (κ3) is 3.87. The number of hydrogen-bond donors (Lipinski definition) is 0. The normalized spacial score (nSPS) is 18.6. The predicted octanol–water partition coefficient (Wildman–Crippen LogP) is 2.54. The molecule has 0 saturated carbocycles. The molecule has 0 radical (unpaired) electrons. The van der Waals surface area contributed by atoms with Crippen molar-refractivity contribution in [2.24, 2.45) is 0 Å². The highest BCUT2D eigenvalue weighted by Gasteiger charge is 2.25. The Hall–Kier alpha value is -2.08. The van der Waals surface area contributed by atoms with Crippen molar-refractivity contribution in [2.75, 3.05) is 44.0 Å². The number of likely N-dealkylation sites (tertiary alicyclic amines) is 1. The molecule has 1 aliphatic rings. The van der Waals surface area contributed by atoms with Crippen molar-refractivity contribution in [3.63, 3.8) is 0 Å². The molecule has 3 rings (SSSR count). The zero-order valence-corrected chi connectivity index (χ0v) is 15.1. The van der Waals surface area contributed by atoms with Gasteiger partial charge in [-0.15, -0.1) is 0 Å². The van der Waals surface area contributed by atoms with E-state index >= 15 is 0 Å². The van der Waals surface area contributed by atoms with E-state index in [2.05, 4.69) is 32.9 Å². The molecule has 0 N–H and O–H groups in total. The van der Waals surface area contributed by atoms with Crippen LogP contribution in [0, 0.1) is 6.92 Å². The van der Waals surface area contributed by atoms with E-state index in [0.29, 0.717) is 6.04 Å². The molecule has 1 saturated heterocycles. The number of aromatic nitrogens is 2. The van der Waals surface area contributed by atoms with E-state index in [9.17, 15) is 0 Å². The maximum Gasteiger partial charge on any atom is 0.227 e. The maximum absolute atomic E-state index is 5.72. The molecular formula is C18H27N5O. The Morgan fingerprint density at radius 1 is 1.25 bits per heavy atom. The Kier molecular flexibility index (Phi) is 5.04. The average molecular weight is 329 g/mol. The number of nitrogens with zero attached hydrogens (tertiary/aromatic N) is 5. The largest absolute Gasteiger partial charge is 0.465 e. The second-order valence-electron chi connectivity index (χ2n) is 6.76. The zero-order valence-electron chi connectivity index (χ0n) is 15.1. The second kappa shape index (κ2) is 7.21. The molecule has 0 aromatic carbocycles. The van der Waals surface area contributed by atoms with Gasteiger partial charge < -0.3 is 14.2 Å². The summed E-state index contributed by atoms with van der Waals surface area (Å²) in [6, 6.07) is 6.46. The van der Waals surface area contributed by atoms with Gasteiger partial charge in [-0.25, -0.2) is 4.98 Å². The number of aryl methyl sites for hydroxylation is 1. The van der Waals surface area contributed by atoms with Crippen LogP contribution >= 0.6 is 0 Å². The lowest BCUT2D eigenvalue weighted by atomic mass is 10.0. The van der Waals surface area contributed by atoms with Gasteiger partial charge in [0.05, 0.1) is 6.54 Å². The van der Waals surface area contributed by atoms with Crippen molar-refractivity contribution in [1.29, 1.82) is 0 Å². The zero-order chi connectivity index (χ0) is 17.1. The molecule has 3 heterocycles. The highest BCUT2D eigenvalue weighted by Crippen LogP contribution is 2.21. The summed E-state index contributed by atoms with van der Waals surface area (Å²) < 4.78 is 5.72. The van der Waals surface area contributed by atoms with Crippen molar-refractivity contribution >= 4 is 11.8 Å². The van der Waals surface area contributed by atoms with Crippen LogP contribution in [0.3, 0.4) is 0 Å². The van der Waals surface area contributed by atoms with E-state index in [4.69, 9.17) is 4.42 Å². The van der Waals surface area contributed by atoms with Crippen molar-refractivity contribution < 1.29 is 4.42 Å². The van der Waals surface area contributed by atoms with Gasteiger partial charge in [0.15, 0.2) is 0 Å². The Bertz CT molecular complexity index is 669. The molecule has 2 aromatic rings. The van der Waals surface area contributed by atoms with Crippen LogP contribution in [-0.2, 0) is 6.54 Å². The van der Waals surface area contributed by atoms with Gasteiger partial charge in [0, 0.05) is 39.9 Å². The maximum atomic E-state index is 5.72. The predicted molar refractivity (Wildman–Crippen MR) is 96.5 cm³/mol. The quantitative estimate of drug-likeness (QED) is 0.840. The molecule has 130 valence electrons. The minimum absolute atomic E-state index is 0.423. The molecule has 1 unspecified atom stereocenters. The van der Waals surface area contributed by atoms with E-state index in [1.807, 2.05) is 44.2 Å². The number of hydrogen-bond acceptors (Lipinski definition) is 6. The van der Waals surface area contributed by atoms with E-state index in [0.717, 1.165) is 42.9 Å². The number of furan rings is 1. The smallest absolute Gasteiger partial charge is 0.227 e. The van der Waals surface area contributed by atoms with Crippen LogP contribution < -0.4 is 9.80 Å². The third-order valence-corrected chi connectivity index (χ3v) is 4.61. The lowest BCUT2D eigenvalue weighted by Gasteiger charge is -2.37. The lowest BCUT2D eigenvalue weighted by molar-refractivity contribution is 0.184. The van der Waals surface area contributed by atoms with Gasteiger partial charge in [-0.2, -0.15) is 4.98 Å². The minimum atomic E-state index is 0.423. The van der Waals surface area contributed by atoms with Crippen LogP contribution in [0.5, 0.6) is 0 Å². The molecular weight excluding hydrogens is 302 g/mol. The summed E-state index contributed by atoms with van der Waals surface area (Å²) in [5, 5.41) is 0. The van der Waals surface area contributed by atoms with Crippen LogP contribution in [0.2, 0.25) is 0 Å². The van der Waals surface area contributed by atoms with Gasteiger partial charge >= 0.3 is 0 Å². The highest BCUT2D eigenvalue weighted by atomic mass is 16.3. The van der Waals surface area contributed by atoms with E-state index in [-0.39, 0.29) is 0 Å². The van der Waals surface area contributed by atoms with Crippen molar-refractivity contribution in [2.45, 2.75) is 32.4 Å². The molecule has 0 spiro atoms. The first-order valence-corrected chi connectivity index (χ1v) is 8.54. The summed E-state index contributed by atoms with van der Waals surface area (Å²) >= 11 is 0. The fraction of sp³-hybridized carbons (Fsp3) is 0.556. The number of anilines is 2. The van der Waals surface area contributed by atoms with Gasteiger partial charge in [-0.3, -0.25) is 4.90 Å². The average Bonchev–Trinajstić information content (AvgIpc) is 2.99. The molecule has 1 atom stereocenters. The van der Waals surface area contributed by atoms with Crippen LogP contribution in [0.25, 0.3) is 0 Å². The van der Waals surface area contributed by atoms with Crippen molar-refractivity contribution in [3.8, 4) is 0 Å². The number of piperidine rings is 1. The summed E-state index contributed by atoms with van der Waals surface area (Å²) in [5.41, 5.74) is 0. The fourth-order valence-electron chi connectivity index (χ4n) is 3.20. The van der Waals surface area contributed by atoms with E-state index < -0.39 is 0 Å². The van der Waals surface area contributed by atoms with Crippen LogP contribution in [-0.4, -0.2) is 55.1 Å². The van der Waals surface area contributed by atoms with Crippen molar-refractivity contribution in [3.05, 3.63) is 35.9 Å². The van der Waals surface area contributed by atoms with Crippen LogP contribution in [0.1, 0.15) is 24.4 Å². The monoisotopic (exact) mass is 329 g/mol. The molecule has 2 aromatic heterocycles. The summed E-state index contributed by atoms with van der Waals surface area (Å²) in [6.45, 7) is 4.98. The van der Waals surface area contributed by atoms with Gasteiger partial charge in [-0.1, -0.05) is 0 Å². The first-order valence-electron chi connectivity index (χ1n) is 8.54. The Morgan fingerprint density at radius 3 is 2.79 bits per heavy atom. The minimum Gasteiger partial charge on any atom is -0.465 e. The molecule has 1 fully saturated rings. The lowest BCUT2D eigenvalue weighted by Crippen LogP contribution is -2.46. The molecule has 6 heteroatoms. The third-order valence-electron chi connectivity index (χ3n) is 4.61. The summed E-state index contributed by atoms with van der Waals surface area (Å²) in [6.07, 6.45) is 4.18. The molecule has 0 bridgehead atoms. The summed E-state index contributed by atoms with van der Waals surface area (Å²) in [7, 11) is 6.10. The summed E-state index contributed by atoms with van der Waals surface area (Å²) in [4.78, 5) is 15.8. The fourth-order valence-corrected chi connectivity index (χ4v) is 3.20. The molecule has 24 heavy (non-hydrogen) atoms.